The maximum atomic E-state index is 12.8. The summed E-state index contributed by atoms with van der Waals surface area (Å²) < 4.78 is 16.8. The number of hydrogen-bond acceptors (Lipinski definition) is 6. The summed E-state index contributed by atoms with van der Waals surface area (Å²) in [6.07, 6.45) is 63.0. The molecule has 0 rings (SSSR count). The Labute approximate surface area is 397 Å². The van der Waals surface area contributed by atoms with Crippen LogP contribution in [0, 0.1) is 0 Å². The highest BCUT2D eigenvalue weighted by Crippen LogP contribution is 2.17. The Morgan fingerprint density at radius 1 is 0.312 bits per heavy atom. The first-order valence-electron chi connectivity index (χ1n) is 28.0. The van der Waals surface area contributed by atoms with E-state index in [1.54, 1.807) is 0 Å². The molecule has 0 aromatic heterocycles. The van der Waals surface area contributed by atoms with Gasteiger partial charge in [-0.2, -0.15) is 0 Å². The van der Waals surface area contributed by atoms with Crippen LogP contribution in [0.3, 0.4) is 0 Å². The molecule has 64 heavy (non-hydrogen) atoms. The fraction of sp³-hybridized carbons (Fsp3) is 0.845. The molecule has 0 N–H and O–H groups in total. The van der Waals surface area contributed by atoms with E-state index in [9.17, 15) is 14.4 Å². The molecular formula is C58H106O6. The van der Waals surface area contributed by atoms with E-state index in [1.165, 1.54) is 154 Å². The van der Waals surface area contributed by atoms with Gasteiger partial charge in [-0.05, 0) is 64.2 Å². The molecule has 6 nitrogen and oxygen atoms in total. The smallest absolute Gasteiger partial charge is 0.306 e. The summed E-state index contributed by atoms with van der Waals surface area (Å²) >= 11 is 0. The van der Waals surface area contributed by atoms with E-state index < -0.39 is 6.10 Å². The summed E-state index contributed by atoms with van der Waals surface area (Å²) in [4.78, 5) is 38.0. The van der Waals surface area contributed by atoms with Crippen LogP contribution in [-0.4, -0.2) is 37.2 Å². The van der Waals surface area contributed by atoms with Crippen molar-refractivity contribution < 1.29 is 28.6 Å². The van der Waals surface area contributed by atoms with Crippen molar-refractivity contribution in [2.45, 2.75) is 303 Å². The van der Waals surface area contributed by atoms with Crippen molar-refractivity contribution in [1.29, 1.82) is 0 Å². The minimum Gasteiger partial charge on any atom is -0.462 e. The number of hydrogen-bond donors (Lipinski definition) is 0. The minimum atomic E-state index is -0.779. The van der Waals surface area contributed by atoms with Crippen LogP contribution in [0.15, 0.2) is 36.5 Å². The maximum Gasteiger partial charge on any atom is 0.306 e. The van der Waals surface area contributed by atoms with E-state index in [0.717, 1.165) is 103 Å². The number of carbonyl (C=O) groups is 3. The second kappa shape index (κ2) is 53.2. The molecule has 1 atom stereocenters. The first-order chi connectivity index (χ1) is 31.5. The van der Waals surface area contributed by atoms with Crippen molar-refractivity contribution in [3.05, 3.63) is 36.5 Å². The maximum absolute atomic E-state index is 12.8. The van der Waals surface area contributed by atoms with E-state index in [-0.39, 0.29) is 31.1 Å². The lowest BCUT2D eigenvalue weighted by molar-refractivity contribution is -0.167. The van der Waals surface area contributed by atoms with Gasteiger partial charge in [0, 0.05) is 19.3 Å². The zero-order valence-corrected chi connectivity index (χ0v) is 42.8. The number of esters is 3. The zero-order valence-electron chi connectivity index (χ0n) is 42.8. The fourth-order valence-corrected chi connectivity index (χ4v) is 8.13. The quantitative estimate of drug-likeness (QED) is 0.0262. The lowest BCUT2D eigenvalue weighted by atomic mass is 10.0. The highest BCUT2D eigenvalue weighted by atomic mass is 16.6. The predicted octanol–water partition coefficient (Wildman–Crippen LogP) is 18.5. The molecule has 374 valence electrons. The lowest BCUT2D eigenvalue weighted by Gasteiger charge is -2.18. The van der Waals surface area contributed by atoms with E-state index in [2.05, 4.69) is 57.2 Å². The zero-order chi connectivity index (χ0) is 46.5. The molecule has 0 aromatic rings. The number of unbranched alkanes of at least 4 members (excludes halogenated alkanes) is 34. The molecule has 0 fully saturated rings. The summed E-state index contributed by atoms with van der Waals surface area (Å²) in [6, 6.07) is 0. The number of carbonyl (C=O) groups excluding carboxylic acids is 3. The lowest BCUT2D eigenvalue weighted by Crippen LogP contribution is -2.30. The SMILES string of the molecule is CCC/C=C\C/C=C\CCCCCCCC(=O)OC(COC(=O)CCCCCCC/C=C\CCC)COC(=O)CCCCCCCCCCCCCCCCCCCCCCCCC. The largest absolute Gasteiger partial charge is 0.462 e. The average molecular weight is 899 g/mol. The first-order valence-corrected chi connectivity index (χ1v) is 28.0. The third-order valence-corrected chi connectivity index (χ3v) is 12.3. The Morgan fingerprint density at radius 3 is 0.953 bits per heavy atom. The van der Waals surface area contributed by atoms with Crippen LogP contribution < -0.4 is 0 Å². The van der Waals surface area contributed by atoms with Crippen molar-refractivity contribution in [2.75, 3.05) is 13.2 Å². The molecule has 0 radical (unpaired) electrons. The van der Waals surface area contributed by atoms with Gasteiger partial charge in [0.25, 0.3) is 0 Å². The molecule has 0 aliphatic rings. The Bertz CT molecular complexity index is 1080. The standard InChI is InChI=1S/C58H106O6/c1-4-7-10-13-16-19-22-24-25-26-27-28-29-30-31-32-33-35-36-39-42-45-48-51-57(60)63-54-55(53-62-56(59)50-47-44-41-38-21-18-15-12-9-6-3)64-58(61)52-49-46-43-40-37-34-23-20-17-14-11-8-5-2/h11-12,14-15,20,23,55H,4-10,13,16-19,21-22,24-54H2,1-3H3/b14-11-,15-12-,23-20-. The topological polar surface area (TPSA) is 78.9 Å². The van der Waals surface area contributed by atoms with Crippen molar-refractivity contribution in [2.24, 2.45) is 0 Å². The average Bonchev–Trinajstić information content (AvgIpc) is 3.29. The second-order valence-electron chi connectivity index (χ2n) is 18.8. The van der Waals surface area contributed by atoms with Gasteiger partial charge >= 0.3 is 17.9 Å². The van der Waals surface area contributed by atoms with Crippen LogP contribution in [0.5, 0.6) is 0 Å². The molecule has 0 saturated carbocycles. The third-order valence-electron chi connectivity index (χ3n) is 12.3. The minimum absolute atomic E-state index is 0.0776. The van der Waals surface area contributed by atoms with Gasteiger partial charge < -0.3 is 14.2 Å². The summed E-state index contributed by atoms with van der Waals surface area (Å²) in [7, 11) is 0. The van der Waals surface area contributed by atoms with Crippen molar-refractivity contribution >= 4 is 17.9 Å². The van der Waals surface area contributed by atoms with Crippen molar-refractivity contribution in [3.8, 4) is 0 Å². The highest BCUT2D eigenvalue weighted by molar-refractivity contribution is 5.71. The van der Waals surface area contributed by atoms with Gasteiger partial charge in [-0.1, -0.05) is 250 Å². The van der Waals surface area contributed by atoms with E-state index in [0.29, 0.717) is 19.3 Å². The van der Waals surface area contributed by atoms with E-state index in [1.807, 2.05) is 0 Å². The van der Waals surface area contributed by atoms with Crippen LogP contribution >= 0.6 is 0 Å². The van der Waals surface area contributed by atoms with Gasteiger partial charge in [0.2, 0.25) is 0 Å². The Hall–Kier alpha value is -2.37. The summed E-state index contributed by atoms with van der Waals surface area (Å²) in [5, 5.41) is 0. The molecule has 0 aliphatic heterocycles. The molecule has 0 saturated heterocycles. The van der Waals surface area contributed by atoms with Crippen LogP contribution in [0.2, 0.25) is 0 Å². The van der Waals surface area contributed by atoms with Gasteiger partial charge in [0.1, 0.15) is 13.2 Å². The molecule has 0 aliphatic carbocycles. The van der Waals surface area contributed by atoms with Crippen LogP contribution in [0.4, 0.5) is 0 Å². The summed E-state index contributed by atoms with van der Waals surface area (Å²) in [5.74, 6) is -0.891. The van der Waals surface area contributed by atoms with Crippen molar-refractivity contribution in [3.63, 3.8) is 0 Å². The summed E-state index contributed by atoms with van der Waals surface area (Å²) in [5.41, 5.74) is 0. The molecule has 0 aromatic carbocycles. The Morgan fingerprint density at radius 2 is 0.594 bits per heavy atom. The second-order valence-corrected chi connectivity index (χ2v) is 18.8. The molecule has 6 heteroatoms. The van der Waals surface area contributed by atoms with Gasteiger partial charge in [-0.3, -0.25) is 14.4 Å². The van der Waals surface area contributed by atoms with Crippen LogP contribution in [-0.2, 0) is 28.6 Å². The fourth-order valence-electron chi connectivity index (χ4n) is 8.13. The normalized spacial score (nSPS) is 12.2. The summed E-state index contributed by atoms with van der Waals surface area (Å²) in [6.45, 7) is 6.53. The number of ether oxygens (including phenoxy) is 3. The number of rotatable bonds is 51. The monoisotopic (exact) mass is 899 g/mol. The van der Waals surface area contributed by atoms with E-state index >= 15 is 0 Å². The third kappa shape index (κ3) is 50.6. The highest BCUT2D eigenvalue weighted by Gasteiger charge is 2.19. The molecule has 1 unspecified atom stereocenters. The predicted molar refractivity (Wildman–Crippen MR) is 275 cm³/mol. The molecule has 0 bridgehead atoms. The van der Waals surface area contributed by atoms with Gasteiger partial charge in [-0.25, -0.2) is 0 Å². The Balaban J connectivity index is 4.19. The Kier molecular flexibility index (Phi) is 51.3. The van der Waals surface area contributed by atoms with Gasteiger partial charge in [-0.15, -0.1) is 0 Å². The van der Waals surface area contributed by atoms with E-state index in [4.69, 9.17) is 14.2 Å². The van der Waals surface area contributed by atoms with Gasteiger partial charge in [0.15, 0.2) is 6.10 Å². The van der Waals surface area contributed by atoms with Crippen molar-refractivity contribution in [1.82, 2.24) is 0 Å². The molecule has 0 heterocycles. The van der Waals surface area contributed by atoms with Crippen LogP contribution in [0.1, 0.15) is 297 Å². The first kappa shape index (κ1) is 61.6. The molecule has 0 spiro atoms. The molecule has 0 amide bonds. The van der Waals surface area contributed by atoms with Gasteiger partial charge in [0.05, 0.1) is 0 Å². The van der Waals surface area contributed by atoms with Crippen LogP contribution in [0.25, 0.3) is 0 Å². The molecular weight excluding hydrogens is 793 g/mol. The number of allylic oxidation sites excluding steroid dienone is 6.